The van der Waals surface area contributed by atoms with Gasteiger partial charge in [-0.15, -0.1) is 5.11 Å². The molecule has 11 nitrogen and oxygen atoms in total. The molecule has 0 radical (unpaired) electrons. The lowest BCUT2D eigenvalue weighted by atomic mass is 10.1. The summed E-state index contributed by atoms with van der Waals surface area (Å²) in [6.07, 6.45) is 0. The third-order valence-corrected chi connectivity index (χ3v) is 6.43. The Hall–Kier alpha value is -2.75. The fraction of sp³-hybridized carbons (Fsp3) is 0. The molecule has 0 saturated heterocycles. The molecule has 0 aliphatic rings. The molecule has 3 rings (SSSR count). The molecule has 3 N–H and O–H groups in total. The second kappa shape index (κ2) is 7.50. The number of hydrogen-bond donors (Lipinski definition) is 3. The lowest BCUT2D eigenvalue weighted by molar-refractivity contribution is 0.481. The van der Waals surface area contributed by atoms with Crippen LogP contribution in [-0.4, -0.2) is 38.9 Å². The number of rotatable bonds is 5. The number of benzene rings is 3. The van der Waals surface area contributed by atoms with E-state index in [-0.39, 0.29) is 27.0 Å². The van der Waals surface area contributed by atoms with Crippen LogP contribution in [0.3, 0.4) is 0 Å². The Kier molecular flexibility index (Phi) is 5.48. The van der Waals surface area contributed by atoms with Crippen molar-refractivity contribution in [2.24, 2.45) is 10.2 Å². The largest absolute Gasteiger partial charge is 0.294 e. The van der Waals surface area contributed by atoms with E-state index in [1.54, 1.807) is 0 Å². The highest BCUT2D eigenvalue weighted by molar-refractivity contribution is 7.86. The second-order valence-corrected chi connectivity index (χ2v) is 10.2. The predicted octanol–water partition coefficient (Wildman–Crippen LogP) is 3.00. The Bertz CT molecular complexity index is 1490. The molecule has 0 bridgehead atoms. The van der Waals surface area contributed by atoms with Crippen LogP contribution >= 0.6 is 0 Å². The van der Waals surface area contributed by atoms with Gasteiger partial charge >= 0.3 is 0 Å². The minimum absolute atomic E-state index is 0.0379. The van der Waals surface area contributed by atoms with Gasteiger partial charge in [-0.2, -0.15) is 30.4 Å². The van der Waals surface area contributed by atoms with Gasteiger partial charge in [0.05, 0.1) is 26.1 Å². The van der Waals surface area contributed by atoms with E-state index in [0.29, 0.717) is 0 Å². The topological polar surface area (TPSA) is 188 Å². The molecule has 0 spiro atoms. The fourth-order valence-electron chi connectivity index (χ4n) is 2.49. The van der Waals surface area contributed by atoms with Crippen LogP contribution < -0.4 is 0 Å². The summed E-state index contributed by atoms with van der Waals surface area (Å²) in [5.74, 6) is 0. The molecule has 0 heterocycles. The van der Waals surface area contributed by atoms with E-state index in [1.807, 2.05) is 0 Å². The number of hydrogen-bond acceptors (Lipinski definition) is 8. The quantitative estimate of drug-likeness (QED) is 0.370. The third-order valence-electron chi connectivity index (χ3n) is 3.88. The molecule has 158 valence electrons. The van der Waals surface area contributed by atoms with Gasteiger partial charge in [0.15, 0.2) is 0 Å². The minimum atomic E-state index is -4.68. The number of nitrogens with zero attached hydrogens (tertiary/aromatic N) is 2. The van der Waals surface area contributed by atoms with Gasteiger partial charge in [0.1, 0.15) is 0 Å². The molecule has 0 atom stereocenters. The van der Waals surface area contributed by atoms with Crippen molar-refractivity contribution < 1.29 is 38.9 Å². The van der Waals surface area contributed by atoms with Gasteiger partial charge < -0.3 is 0 Å². The van der Waals surface area contributed by atoms with Crippen molar-refractivity contribution in [2.45, 2.75) is 14.7 Å². The summed E-state index contributed by atoms with van der Waals surface area (Å²) >= 11 is 0. The van der Waals surface area contributed by atoms with Crippen molar-refractivity contribution in [1.29, 1.82) is 0 Å². The lowest BCUT2D eigenvalue weighted by Crippen LogP contribution is -2.00. The Morgan fingerprint density at radius 1 is 0.567 bits per heavy atom. The van der Waals surface area contributed by atoms with Gasteiger partial charge in [0, 0.05) is 5.39 Å². The molecule has 0 unspecified atom stereocenters. The Morgan fingerprint density at radius 2 is 1.07 bits per heavy atom. The van der Waals surface area contributed by atoms with Gasteiger partial charge in [0.2, 0.25) is 0 Å². The zero-order chi connectivity index (χ0) is 22.3. The van der Waals surface area contributed by atoms with E-state index in [0.717, 1.165) is 36.4 Å². The van der Waals surface area contributed by atoms with Crippen LogP contribution in [0.2, 0.25) is 0 Å². The molecule has 14 heteroatoms. The van der Waals surface area contributed by atoms with Crippen molar-refractivity contribution >= 4 is 52.5 Å². The normalized spacial score (nSPS) is 13.2. The molecule has 0 aliphatic carbocycles. The molecular formula is C16H12N2O9S3. The summed E-state index contributed by atoms with van der Waals surface area (Å²) in [6.45, 7) is 0. The summed E-state index contributed by atoms with van der Waals surface area (Å²) in [5.41, 5.74) is 0.100. The predicted molar refractivity (Wildman–Crippen MR) is 104 cm³/mol. The zero-order valence-corrected chi connectivity index (χ0v) is 17.1. The van der Waals surface area contributed by atoms with E-state index in [2.05, 4.69) is 10.2 Å². The first-order chi connectivity index (χ1) is 13.7. The molecular weight excluding hydrogens is 460 g/mol. The van der Waals surface area contributed by atoms with E-state index < -0.39 is 40.1 Å². The van der Waals surface area contributed by atoms with Crippen LogP contribution in [0.4, 0.5) is 11.4 Å². The monoisotopic (exact) mass is 472 g/mol. The van der Waals surface area contributed by atoms with E-state index in [9.17, 15) is 34.4 Å². The number of azo groups is 1. The average Bonchev–Trinajstić information content (AvgIpc) is 2.63. The summed E-state index contributed by atoms with van der Waals surface area (Å²) in [4.78, 5) is -1.44. The minimum Gasteiger partial charge on any atom is -0.282 e. The van der Waals surface area contributed by atoms with Crippen molar-refractivity contribution in [3.05, 3.63) is 54.6 Å². The molecule has 3 aromatic carbocycles. The van der Waals surface area contributed by atoms with Crippen molar-refractivity contribution in [3.8, 4) is 0 Å². The van der Waals surface area contributed by atoms with Gasteiger partial charge in [0.25, 0.3) is 30.4 Å². The lowest BCUT2D eigenvalue weighted by Gasteiger charge is -2.06. The highest BCUT2D eigenvalue weighted by Crippen LogP contribution is 2.33. The summed E-state index contributed by atoms with van der Waals surface area (Å²) < 4.78 is 95.4. The molecule has 3 aromatic rings. The highest BCUT2D eigenvalue weighted by atomic mass is 32.2. The maximum atomic E-state index is 11.6. The second-order valence-electron chi connectivity index (χ2n) is 5.94. The van der Waals surface area contributed by atoms with Gasteiger partial charge in [-0.25, -0.2) is 0 Å². The maximum Gasteiger partial charge on any atom is 0.294 e. The zero-order valence-electron chi connectivity index (χ0n) is 14.6. The molecule has 0 amide bonds. The van der Waals surface area contributed by atoms with E-state index in [4.69, 9.17) is 4.55 Å². The SMILES string of the molecule is O=S(=O)(O)c1ccc(N=Nc2cc(S(=O)(=O)O)cc3cc(S(=O)(=O)O)ccc23)cc1. The molecule has 0 aliphatic heterocycles. The van der Waals surface area contributed by atoms with Crippen LogP contribution in [0.15, 0.2) is 79.5 Å². The standard InChI is InChI=1S/C16H12N2O9S3/c19-28(20,21)12-3-1-11(2-4-12)17-18-16-9-14(30(25,26)27)8-10-7-13(29(22,23)24)5-6-15(10)16/h1-9H,(H,19,20,21)(H,22,23,24)(H,25,26,27). The highest BCUT2D eigenvalue weighted by Gasteiger charge is 2.16. The summed E-state index contributed by atoms with van der Waals surface area (Å²) in [5, 5.41) is 8.03. The smallest absolute Gasteiger partial charge is 0.282 e. The van der Waals surface area contributed by atoms with Crippen LogP contribution in [0.25, 0.3) is 10.8 Å². The van der Waals surface area contributed by atoms with Gasteiger partial charge in [-0.05, 0) is 53.9 Å². The third kappa shape index (κ3) is 4.86. The fourth-order valence-corrected chi connectivity index (χ4v) is 4.02. The number of fused-ring (bicyclic) bond motifs is 1. The average molecular weight is 472 g/mol. The molecule has 30 heavy (non-hydrogen) atoms. The van der Waals surface area contributed by atoms with Crippen molar-refractivity contribution in [1.82, 2.24) is 0 Å². The van der Waals surface area contributed by atoms with Crippen LogP contribution in [0.1, 0.15) is 0 Å². The van der Waals surface area contributed by atoms with Crippen molar-refractivity contribution in [3.63, 3.8) is 0 Å². The maximum absolute atomic E-state index is 11.6. The first-order valence-electron chi connectivity index (χ1n) is 7.77. The summed E-state index contributed by atoms with van der Waals surface area (Å²) in [6, 6.07) is 9.96. The van der Waals surface area contributed by atoms with Crippen LogP contribution in [0.5, 0.6) is 0 Å². The Labute approximate surface area is 171 Å². The van der Waals surface area contributed by atoms with Gasteiger partial charge in [-0.1, -0.05) is 6.07 Å². The molecule has 0 fully saturated rings. The van der Waals surface area contributed by atoms with E-state index >= 15 is 0 Å². The van der Waals surface area contributed by atoms with Crippen LogP contribution in [0, 0.1) is 0 Å². The van der Waals surface area contributed by atoms with E-state index in [1.165, 1.54) is 18.2 Å². The first kappa shape index (κ1) is 21.9. The molecule has 0 saturated carbocycles. The first-order valence-corrected chi connectivity index (χ1v) is 12.1. The van der Waals surface area contributed by atoms with Crippen LogP contribution in [-0.2, 0) is 30.4 Å². The molecule has 0 aromatic heterocycles. The Morgan fingerprint density at radius 3 is 1.60 bits per heavy atom. The Balaban J connectivity index is 2.15. The summed E-state index contributed by atoms with van der Waals surface area (Å²) in [7, 11) is -13.6. The van der Waals surface area contributed by atoms with Gasteiger partial charge in [-0.3, -0.25) is 13.7 Å². The van der Waals surface area contributed by atoms with Crippen molar-refractivity contribution in [2.75, 3.05) is 0 Å².